The fraction of sp³-hybridized carbons (Fsp3) is 0.208. The summed E-state index contributed by atoms with van der Waals surface area (Å²) in [6.45, 7) is 2.48. The lowest BCUT2D eigenvalue weighted by Crippen LogP contribution is -2.39. The Labute approximate surface area is 199 Å². The van der Waals surface area contributed by atoms with E-state index in [0.29, 0.717) is 24.3 Å². The van der Waals surface area contributed by atoms with Crippen molar-refractivity contribution in [3.63, 3.8) is 0 Å². The lowest BCUT2D eigenvalue weighted by atomic mass is 10.1. The van der Waals surface area contributed by atoms with E-state index in [1.807, 2.05) is 18.4 Å². The van der Waals surface area contributed by atoms with Crippen molar-refractivity contribution in [3.05, 3.63) is 82.1 Å². The van der Waals surface area contributed by atoms with Crippen LogP contribution in [0, 0.1) is 18.6 Å². The van der Waals surface area contributed by atoms with Crippen LogP contribution in [0.5, 0.6) is 0 Å². The average Bonchev–Trinajstić information content (AvgIpc) is 3.29. The topological polar surface area (TPSA) is 52.7 Å². The van der Waals surface area contributed by atoms with Crippen molar-refractivity contribution >= 4 is 51.9 Å². The normalized spacial score (nSPS) is 15.9. The molecule has 4 rings (SSSR count). The zero-order chi connectivity index (χ0) is 23.5. The Hall–Kier alpha value is -3.17. The van der Waals surface area contributed by atoms with Crippen molar-refractivity contribution in [2.45, 2.75) is 25.8 Å². The summed E-state index contributed by atoms with van der Waals surface area (Å²) in [5, 5.41) is 4.99. The SMILES string of the molecule is Cc1ccsc1CCN1C(=S)N(c2ccc(F)cc2)C(=O)[C@H]1CC(=O)Nc1ccc(F)cc1. The van der Waals surface area contributed by atoms with Crippen LogP contribution in [0.25, 0.3) is 0 Å². The molecule has 5 nitrogen and oxygen atoms in total. The molecule has 1 fully saturated rings. The molecule has 2 aromatic carbocycles. The highest BCUT2D eigenvalue weighted by Crippen LogP contribution is 2.28. The van der Waals surface area contributed by atoms with Gasteiger partial charge in [0, 0.05) is 17.1 Å². The van der Waals surface area contributed by atoms with E-state index >= 15 is 0 Å². The van der Waals surface area contributed by atoms with E-state index < -0.39 is 17.7 Å². The number of hydrogen-bond acceptors (Lipinski definition) is 4. The van der Waals surface area contributed by atoms with E-state index in [1.165, 1.54) is 58.3 Å². The van der Waals surface area contributed by atoms with Crippen molar-refractivity contribution in [2.75, 3.05) is 16.8 Å². The monoisotopic (exact) mass is 485 g/mol. The van der Waals surface area contributed by atoms with Gasteiger partial charge in [0.25, 0.3) is 5.91 Å². The van der Waals surface area contributed by atoms with Crippen LogP contribution in [0.1, 0.15) is 16.9 Å². The summed E-state index contributed by atoms with van der Waals surface area (Å²) in [6, 6.07) is 12.1. The van der Waals surface area contributed by atoms with Crippen LogP contribution >= 0.6 is 23.6 Å². The first-order chi connectivity index (χ1) is 15.8. The maximum Gasteiger partial charge on any atom is 0.256 e. The van der Waals surface area contributed by atoms with Gasteiger partial charge in [0.1, 0.15) is 17.7 Å². The molecule has 0 unspecified atom stereocenters. The smallest absolute Gasteiger partial charge is 0.256 e. The number of rotatable bonds is 7. The Morgan fingerprint density at radius 3 is 2.30 bits per heavy atom. The first-order valence-corrected chi connectivity index (χ1v) is 11.6. The van der Waals surface area contributed by atoms with Crippen molar-refractivity contribution < 1.29 is 18.4 Å². The van der Waals surface area contributed by atoms with E-state index in [9.17, 15) is 18.4 Å². The summed E-state index contributed by atoms with van der Waals surface area (Å²) < 4.78 is 26.6. The maximum absolute atomic E-state index is 13.4. The minimum Gasteiger partial charge on any atom is -0.336 e. The quantitative estimate of drug-likeness (QED) is 0.484. The van der Waals surface area contributed by atoms with Gasteiger partial charge in [-0.25, -0.2) is 8.78 Å². The summed E-state index contributed by atoms with van der Waals surface area (Å²) in [4.78, 5) is 30.4. The number of thiophene rings is 1. The average molecular weight is 486 g/mol. The van der Waals surface area contributed by atoms with E-state index in [-0.39, 0.29) is 23.3 Å². The molecule has 1 saturated heterocycles. The second-order valence-electron chi connectivity index (χ2n) is 7.68. The number of carbonyl (C=O) groups excluding carboxylic acids is 2. The minimum atomic E-state index is -0.803. The van der Waals surface area contributed by atoms with Gasteiger partial charge in [0.15, 0.2) is 5.11 Å². The summed E-state index contributed by atoms with van der Waals surface area (Å²) in [5.41, 5.74) is 2.05. The third kappa shape index (κ3) is 5.09. The van der Waals surface area contributed by atoms with Crippen molar-refractivity contribution in [3.8, 4) is 0 Å². The molecule has 0 saturated carbocycles. The van der Waals surface area contributed by atoms with Crippen LogP contribution in [0.2, 0.25) is 0 Å². The van der Waals surface area contributed by atoms with Crippen molar-refractivity contribution in [1.82, 2.24) is 4.90 Å². The van der Waals surface area contributed by atoms with Gasteiger partial charge in [-0.05, 0) is 91.1 Å². The summed E-state index contributed by atoms with van der Waals surface area (Å²) in [6.07, 6.45) is 0.543. The number of amides is 2. The lowest BCUT2D eigenvalue weighted by Gasteiger charge is -2.23. The van der Waals surface area contributed by atoms with E-state index in [4.69, 9.17) is 12.2 Å². The molecule has 1 aliphatic rings. The molecule has 0 spiro atoms. The highest BCUT2D eigenvalue weighted by Gasteiger charge is 2.44. The van der Waals surface area contributed by atoms with Crippen LogP contribution in [0.4, 0.5) is 20.2 Å². The van der Waals surface area contributed by atoms with Crippen molar-refractivity contribution in [1.29, 1.82) is 0 Å². The Kier molecular flexibility index (Phi) is 6.80. The Morgan fingerprint density at radius 2 is 1.70 bits per heavy atom. The van der Waals surface area contributed by atoms with Gasteiger partial charge in [-0.2, -0.15) is 0 Å². The summed E-state index contributed by atoms with van der Waals surface area (Å²) in [7, 11) is 0. The second-order valence-corrected chi connectivity index (χ2v) is 9.04. The van der Waals surface area contributed by atoms with Gasteiger partial charge in [-0.3, -0.25) is 14.5 Å². The zero-order valence-electron chi connectivity index (χ0n) is 17.8. The molecule has 0 bridgehead atoms. The number of anilines is 2. The largest absolute Gasteiger partial charge is 0.336 e. The molecule has 0 aliphatic carbocycles. The lowest BCUT2D eigenvalue weighted by molar-refractivity contribution is -0.124. The van der Waals surface area contributed by atoms with Gasteiger partial charge in [0.2, 0.25) is 5.91 Å². The molecular weight excluding hydrogens is 464 g/mol. The third-order valence-electron chi connectivity index (χ3n) is 5.46. The number of nitrogens with zero attached hydrogens (tertiary/aromatic N) is 2. The molecule has 170 valence electrons. The number of aryl methyl sites for hydroxylation is 1. The Morgan fingerprint density at radius 1 is 1.06 bits per heavy atom. The van der Waals surface area contributed by atoms with E-state index in [0.717, 1.165) is 5.56 Å². The molecule has 33 heavy (non-hydrogen) atoms. The fourth-order valence-electron chi connectivity index (χ4n) is 3.72. The van der Waals surface area contributed by atoms with Gasteiger partial charge in [-0.1, -0.05) is 0 Å². The van der Waals surface area contributed by atoms with Crippen LogP contribution in [0.3, 0.4) is 0 Å². The summed E-state index contributed by atoms with van der Waals surface area (Å²) >= 11 is 7.25. The third-order valence-corrected chi connectivity index (χ3v) is 6.96. The number of hydrogen-bond donors (Lipinski definition) is 1. The molecule has 1 aliphatic heterocycles. The highest BCUT2D eigenvalue weighted by molar-refractivity contribution is 7.80. The van der Waals surface area contributed by atoms with Crippen LogP contribution in [0.15, 0.2) is 60.0 Å². The van der Waals surface area contributed by atoms with Gasteiger partial charge >= 0.3 is 0 Å². The molecule has 2 heterocycles. The molecule has 9 heteroatoms. The van der Waals surface area contributed by atoms with Crippen LogP contribution < -0.4 is 10.2 Å². The van der Waals surface area contributed by atoms with Crippen molar-refractivity contribution in [2.24, 2.45) is 0 Å². The standard InChI is InChI=1S/C24H21F2N3O2S2/c1-15-11-13-33-21(15)10-12-28-20(14-22(30)27-18-6-2-16(25)3-7-18)23(31)29(24(28)32)19-8-4-17(26)5-9-19/h2-9,11,13,20H,10,12,14H2,1H3,(H,27,30)/t20-/m1/s1. The predicted molar refractivity (Wildman–Crippen MR) is 129 cm³/mol. The number of carbonyl (C=O) groups is 2. The second kappa shape index (κ2) is 9.76. The fourth-order valence-corrected chi connectivity index (χ4v) is 5.03. The molecule has 2 amide bonds. The maximum atomic E-state index is 13.4. The Balaban J connectivity index is 1.55. The van der Waals surface area contributed by atoms with E-state index in [2.05, 4.69) is 5.32 Å². The van der Waals surface area contributed by atoms with E-state index in [1.54, 1.807) is 16.2 Å². The number of nitrogens with one attached hydrogen (secondary N) is 1. The number of benzene rings is 2. The molecule has 1 N–H and O–H groups in total. The molecular formula is C24H21F2N3O2S2. The first kappa shape index (κ1) is 23.0. The van der Waals surface area contributed by atoms with Crippen LogP contribution in [-0.4, -0.2) is 34.4 Å². The number of halogens is 2. The molecule has 0 radical (unpaired) electrons. The summed E-state index contributed by atoms with van der Waals surface area (Å²) in [5.74, 6) is -1.56. The predicted octanol–water partition coefficient (Wildman–Crippen LogP) is 4.91. The van der Waals surface area contributed by atoms with Gasteiger partial charge in [0.05, 0.1) is 12.1 Å². The minimum absolute atomic E-state index is 0.128. The highest BCUT2D eigenvalue weighted by atomic mass is 32.1. The van der Waals surface area contributed by atoms with Gasteiger partial charge in [-0.15, -0.1) is 11.3 Å². The molecule has 1 aromatic heterocycles. The Bertz CT molecular complexity index is 1180. The van der Waals surface area contributed by atoms with Gasteiger partial charge < -0.3 is 10.2 Å². The zero-order valence-corrected chi connectivity index (χ0v) is 19.4. The van der Waals surface area contributed by atoms with Crippen LogP contribution in [-0.2, 0) is 16.0 Å². The number of thiocarbonyl (C=S) groups is 1. The molecule has 1 atom stereocenters. The molecule has 3 aromatic rings. The first-order valence-electron chi connectivity index (χ1n) is 10.3.